The fourth-order valence-corrected chi connectivity index (χ4v) is 3.11. The third kappa shape index (κ3) is 4.69. The maximum Gasteiger partial charge on any atom is 0.276 e. The normalized spacial score (nSPS) is 10.6. The quantitative estimate of drug-likeness (QED) is 0.389. The van der Waals surface area contributed by atoms with Gasteiger partial charge in [-0.05, 0) is 42.8 Å². The molecule has 7 nitrogen and oxygen atoms in total. The summed E-state index contributed by atoms with van der Waals surface area (Å²) in [5.41, 5.74) is 1.88. The van der Waals surface area contributed by atoms with Gasteiger partial charge in [0, 0.05) is 11.3 Å². The highest BCUT2D eigenvalue weighted by Gasteiger charge is 2.13. The number of hydrogen-bond acceptors (Lipinski definition) is 8. The number of nitrogens with zero attached hydrogens (tertiary/aromatic N) is 2. The summed E-state index contributed by atoms with van der Waals surface area (Å²) in [4.78, 5) is 0. The molecule has 3 rings (SSSR count). The Morgan fingerprint density at radius 1 is 0.857 bits per heavy atom. The lowest BCUT2D eigenvalue weighted by Crippen LogP contribution is -2.01. The minimum Gasteiger partial charge on any atom is -0.493 e. The zero-order valence-electron chi connectivity index (χ0n) is 16.2. The highest BCUT2D eigenvalue weighted by Crippen LogP contribution is 2.33. The number of rotatable bonds is 9. The fourth-order valence-electron chi connectivity index (χ4n) is 2.53. The highest BCUT2D eigenvalue weighted by atomic mass is 32.2. The first kappa shape index (κ1) is 19.9. The maximum absolute atomic E-state index is 5.79. The molecule has 2 aromatic carbocycles. The molecule has 0 radical (unpaired) electrons. The topological polar surface area (TPSA) is 75.8 Å². The van der Waals surface area contributed by atoms with E-state index in [1.807, 2.05) is 31.2 Å². The number of hydrogen-bond donors (Lipinski definition) is 0. The van der Waals surface area contributed by atoms with Gasteiger partial charge in [0.25, 0.3) is 5.22 Å². The van der Waals surface area contributed by atoms with Crippen LogP contribution in [0.25, 0.3) is 11.5 Å². The van der Waals surface area contributed by atoms with E-state index in [4.69, 9.17) is 23.4 Å². The van der Waals surface area contributed by atoms with Gasteiger partial charge in [0.2, 0.25) is 5.89 Å². The number of benzene rings is 2. The Morgan fingerprint density at radius 2 is 1.57 bits per heavy atom. The van der Waals surface area contributed by atoms with Gasteiger partial charge in [-0.3, -0.25) is 0 Å². The molecule has 0 atom stereocenters. The molecule has 0 fully saturated rings. The van der Waals surface area contributed by atoms with Crippen LogP contribution in [0.2, 0.25) is 0 Å². The molecule has 0 aliphatic carbocycles. The average molecular weight is 402 g/mol. The summed E-state index contributed by atoms with van der Waals surface area (Å²) < 4.78 is 27.4. The van der Waals surface area contributed by atoms with Gasteiger partial charge in [-0.2, -0.15) is 0 Å². The van der Waals surface area contributed by atoms with Crippen LogP contribution in [0.1, 0.15) is 5.56 Å². The summed E-state index contributed by atoms with van der Waals surface area (Å²) in [6.07, 6.45) is 0. The van der Waals surface area contributed by atoms with Crippen LogP contribution in [0.15, 0.2) is 46.0 Å². The predicted molar refractivity (Wildman–Crippen MR) is 107 cm³/mol. The Labute approximate surface area is 168 Å². The second kappa shape index (κ2) is 9.36. The van der Waals surface area contributed by atoms with Crippen LogP contribution in [0.5, 0.6) is 23.0 Å². The zero-order chi connectivity index (χ0) is 19.9. The summed E-state index contributed by atoms with van der Waals surface area (Å²) in [5, 5.41) is 8.65. The second-order valence-corrected chi connectivity index (χ2v) is 6.84. The van der Waals surface area contributed by atoms with Crippen molar-refractivity contribution in [1.82, 2.24) is 10.2 Å². The van der Waals surface area contributed by atoms with Crippen molar-refractivity contribution in [2.24, 2.45) is 0 Å². The molecule has 1 heterocycles. The van der Waals surface area contributed by atoms with E-state index in [1.54, 1.807) is 33.5 Å². The number of aryl methyl sites for hydroxylation is 1. The van der Waals surface area contributed by atoms with Crippen molar-refractivity contribution in [1.29, 1.82) is 0 Å². The first-order chi connectivity index (χ1) is 13.6. The molecule has 0 unspecified atom stereocenters. The third-order valence-corrected chi connectivity index (χ3v) is 4.71. The van der Waals surface area contributed by atoms with Crippen molar-refractivity contribution < 1.29 is 23.4 Å². The van der Waals surface area contributed by atoms with Crippen LogP contribution < -0.4 is 18.9 Å². The van der Waals surface area contributed by atoms with Gasteiger partial charge in [0.15, 0.2) is 23.0 Å². The molecule has 3 aromatic rings. The van der Waals surface area contributed by atoms with E-state index in [1.165, 1.54) is 11.8 Å². The largest absolute Gasteiger partial charge is 0.493 e. The van der Waals surface area contributed by atoms with Gasteiger partial charge in [-0.15, -0.1) is 10.2 Å². The Bertz CT molecular complexity index is 929. The molecular weight excluding hydrogens is 380 g/mol. The molecule has 0 saturated heterocycles. The third-order valence-electron chi connectivity index (χ3n) is 3.92. The maximum atomic E-state index is 5.79. The van der Waals surface area contributed by atoms with Gasteiger partial charge in [-0.25, -0.2) is 0 Å². The molecule has 0 spiro atoms. The van der Waals surface area contributed by atoms with Crippen molar-refractivity contribution in [3.8, 4) is 34.5 Å². The van der Waals surface area contributed by atoms with Gasteiger partial charge in [-0.1, -0.05) is 17.8 Å². The summed E-state index contributed by atoms with van der Waals surface area (Å²) in [6.45, 7) is 2.49. The van der Waals surface area contributed by atoms with Crippen LogP contribution in [0, 0.1) is 6.92 Å². The van der Waals surface area contributed by atoms with E-state index < -0.39 is 0 Å². The van der Waals surface area contributed by atoms with E-state index in [-0.39, 0.29) is 0 Å². The lowest BCUT2D eigenvalue weighted by Gasteiger charge is -2.10. The van der Waals surface area contributed by atoms with Gasteiger partial charge < -0.3 is 23.4 Å². The summed E-state index contributed by atoms with van der Waals surface area (Å²) in [7, 11) is 4.80. The number of aromatic nitrogens is 2. The highest BCUT2D eigenvalue weighted by molar-refractivity contribution is 7.99. The molecule has 28 heavy (non-hydrogen) atoms. The smallest absolute Gasteiger partial charge is 0.276 e. The minimum absolute atomic E-state index is 0.421. The lowest BCUT2D eigenvalue weighted by molar-refractivity contribution is 0.313. The molecule has 0 amide bonds. The molecule has 148 valence electrons. The fraction of sp³-hybridized carbons (Fsp3) is 0.300. The molecule has 0 aliphatic rings. The number of thioether (sulfide) groups is 1. The standard InChI is InChI=1S/C20H22N2O5S/c1-13-5-7-16(17(11-13)24-3)26-9-10-28-20-22-21-19(27-20)14-6-8-15(23-2)18(12-14)25-4/h5-8,11-12H,9-10H2,1-4H3. The molecule has 8 heteroatoms. The molecular formula is C20H22N2O5S. The van der Waals surface area contributed by atoms with Crippen LogP contribution in [0.3, 0.4) is 0 Å². The number of methoxy groups -OCH3 is 3. The Hall–Kier alpha value is -2.87. The van der Waals surface area contributed by atoms with Crippen LogP contribution >= 0.6 is 11.8 Å². The average Bonchev–Trinajstić information content (AvgIpc) is 3.20. The zero-order valence-corrected chi connectivity index (χ0v) is 17.0. The van der Waals surface area contributed by atoms with E-state index in [0.29, 0.717) is 40.7 Å². The molecule has 0 aliphatic heterocycles. The SMILES string of the molecule is COc1ccc(-c2nnc(SCCOc3ccc(C)cc3OC)o2)cc1OC. The summed E-state index contributed by atoms with van der Waals surface area (Å²) >= 11 is 1.43. The molecule has 0 saturated carbocycles. The first-order valence-corrected chi connectivity index (χ1v) is 9.59. The Balaban J connectivity index is 1.57. The molecule has 0 bridgehead atoms. The van der Waals surface area contributed by atoms with Crippen molar-refractivity contribution >= 4 is 11.8 Å². The molecule has 0 N–H and O–H groups in total. The summed E-state index contributed by atoms with van der Waals surface area (Å²) in [6, 6.07) is 11.3. The predicted octanol–water partition coefficient (Wildman–Crippen LogP) is 4.24. The Kier molecular flexibility index (Phi) is 6.65. The summed E-state index contributed by atoms with van der Waals surface area (Å²) in [5.74, 6) is 3.76. The first-order valence-electron chi connectivity index (χ1n) is 8.60. The monoisotopic (exact) mass is 402 g/mol. The van der Waals surface area contributed by atoms with Gasteiger partial charge >= 0.3 is 0 Å². The van der Waals surface area contributed by atoms with Gasteiger partial charge in [0.1, 0.15) is 0 Å². The van der Waals surface area contributed by atoms with Crippen molar-refractivity contribution in [3.63, 3.8) is 0 Å². The molecule has 1 aromatic heterocycles. The minimum atomic E-state index is 0.421. The Morgan fingerprint density at radius 3 is 2.32 bits per heavy atom. The van der Waals surface area contributed by atoms with E-state index in [2.05, 4.69) is 10.2 Å². The van der Waals surface area contributed by atoms with Crippen LogP contribution in [-0.4, -0.2) is 43.9 Å². The van der Waals surface area contributed by atoms with E-state index in [9.17, 15) is 0 Å². The van der Waals surface area contributed by atoms with E-state index in [0.717, 1.165) is 16.9 Å². The van der Waals surface area contributed by atoms with Crippen LogP contribution in [-0.2, 0) is 0 Å². The van der Waals surface area contributed by atoms with E-state index >= 15 is 0 Å². The van der Waals surface area contributed by atoms with Crippen molar-refractivity contribution in [2.75, 3.05) is 33.7 Å². The number of ether oxygens (including phenoxy) is 4. The van der Waals surface area contributed by atoms with Gasteiger partial charge in [0.05, 0.1) is 27.9 Å². The second-order valence-electron chi connectivity index (χ2n) is 5.79. The van der Waals surface area contributed by atoms with Crippen molar-refractivity contribution in [3.05, 3.63) is 42.0 Å². The lowest BCUT2D eigenvalue weighted by atomic mass is 10.2. The van der Waals surface area contributed by atoms with Crippen molar-refractivity contribution in [2.45, 2.75) is 12.1 Å². The van der Waals surface area contributed by atoms with Crippen LogP contribution in [0.4, 0.5) is 0 Å².